The van der Waals surface area contributed by atoms with Crippen molar-refractivity contribution in [3.63, 3.8) is 0 Å². The van der Waals surface area contributed by atoms with Gasteiger partial charge in [-0.05, 0) is 29.3 Å². The maximum Gasteiger partial charge on any atom is 0.303 e. The molecule has 7 rings (SSSR count). The molecule has 0 radical (unpaired) electrons. The Morgan fingerprint density at radius 1 is 0.871 bits per heavy atom. The molecule has 3 aliphatic carbocycles. The number of anilines is 1. The zero-order valence-electron chi connectivity index (χ0n) is 15.9. The maximum atomic E-state index is 13.9. The summed E-state index contributed by atoms with van der Waals surface area (Å²) < 4.78 is 13.9. The van der Waals surface area contributed by atoms with E-state index >= 15 is 0 Å². The number of carbonyl (C=O) groups excluding carboxylic acids is 2. The SMILES string of the molecule is O=C1C2=C(C(=O)N1c1cccc(F)c1)C1([N+](=O)[O-])c3ccccc3C2c2ccccc21. The van der Waals surface area contributed by atoms with Crippen LogP contribution in [-0.4, -0.2) is 16.7 Å². The molecule has 150 valence electrons. The smallest absolute Gasteiger partial charge is 0.269 e. The second kappa shape index (κ2) is 5.72. The van der Waals surface area contributed by atoms with E-state index < -0.39 is 34.0 Å². The standard InChI is InChI=1S/C24H13FN2O4/c25-13-6-5-7-14(12-13)26-22(28)20-19-15-8-1-3-10-17(15)24(27(30)31,21(20)23(26)29)18-11-4-2-9-16(18)19/h1-12,19H. The van der Waals surface area contributed by atoms with E-state index in [-0.39, 0.29) is 16.8 Å². The molecule has 0 unspecified atom stereocenters. The number of nitro groups is 1. The van der Waals surface area contributed by atoms with Crippen LogP contribution in [0.1, 0.15) is 28.2 Å². The molecule has 2 bridgehead atoms. The third-order valence-corrected chi connectivity index (χ3v) is 6.43. The second-order valence-corrected chi connectivity index (χ2v) is 7.79. The molecule has 0 aromatic heterocycles. The molecule has 6 nitrogen and oxygen atoms in total. The lowest BCUT2D eigenvalue weighted by molar-refractivity contribution is -0.554. The molecule has 2 amide bonds. The number of hydrogen-bond donors (Lipinski definition) is 0. The van der Waals surface area contributed by atoms with E-state index in [0.29, 0.717) is 22.3 Å². The average Bonchev–Trinajstić information content (AvgIpc) is 3.04. The summed E-state index contributed by atoms with van der Waals surface area (Å²) >= 11 is 0. The fourth-order valence-corrected chi connectivity index (χ4v) is 5.35. The minimum atomic E-state index is -1.99. The zero-order valence-corrected chi connectivity index (χ0v) is 15.9. The second-order valence-electron chi connectivity index (χ2n) is 7.79. The number of rotatable bonds is 2. The van der Waals surface area contributed by atoms with Gasteiger partial charge in [0, 0.05) is 27.5 Å². The Morgan fingerprint density at radius 2 is 1.48 bits per heavy atom. The van der Waals surface area contributed by atoms with E-state index in [1.807, 2.05) is 0 Å². The maximum absolute atomic E-state index is 13.9. The van der Waals surface area contributed by atoms with E-state index in [1.54, 1.807) is 48.5 Å². The molecule has 1 heterocycles. The number of nitrogens with zero attached hydrogens (tertiary/aromatic N) is 2. The van der Waals surface area contributed by atoms with Crippen molar-refractivity contribution in [1.82, 2.24) is 0 Å². The van der Waals surface area contributed by atoms with E-state index in [4.69, 9.17) is 0 Å². The summed E-state index contributed by atoms with van der Waals surface area (Å²) in [5, 5.41) is 12.8. The van der Waals surface area contributed by atoms with Gasteiger partial charge in [-0.2, -0.15) is 0 Å². The van der Waals surface area contributed by atoms with Crippen LogP contribution in [0.4, 0.5) is 10.1 Å². The highest BCUT2D eigenvalue weighted by molar-refractivity contribution is 6.35. The minimum Gasteiger partial charge on any atom is -0.269 e. The van der Waals surface area contributed by atoms with Gasteiger partial charge in [-0.3, -0.25) is 19.7 Å². The van der Waals surface area contributed by atoms with Gasteiger partial charge in [0.2, 0.25) is 0 Å². The number of hydrogen-bond acceptors (Lipinski definition) is 4. The average molecular weight is 412 g/mol. The van der Waals surface area contributed by atoms with E-state index in [2.05, 4.69) is 0 Å². The van der Waals surface area contributed by atoms with Gasteiger partial charge in [0.15, 0.2) is 0 Å². The molecule has 0 saturated heterocycles. The molecule has 1 aliphatic heterocycles. The van der Waals surface area contributed by atoms with Crippen molar-refractivity contribution in [2.75, 3.05) is 4.90 Å². The molecule has 0 fully saturated rings. The van der Waals surface area contributed by atoms with E-state index in [1.165, 1.54) is 18.2 Å². The highest BCUT2D eigenvalue weighted by Crippen LogP contribution is 2.61. The number of carbonyl (C=O) groups is 2. The van der Waals surface area contributed by atoms with Crippen molar-refractivity contribution in [1.29, 1.82) is 0 Å². The first-order valence-corrected chi connectivity index (χ1v) is 9.70. The van der Waals surface area contributed by atoms with Crippen LogP contribution in [0.25, 0.3) is 0 Å². The molecule has 31 heavy (non-hydrogen) atoms. The topological polar surface area (TPSA) is 80.5 Å². The van der Waals surface area contributed by atoms with Gasteiger partial charge in [-0.15, -0.1) is 0 Å². The van der Waals surface area contributed by atoms with Crippen LogP contribution in [0.5, 0.6) is 0 Å². The molecule has 0 saturated carbocycles. The van der Waals surface area contributed by atoms with Crippen molar-refractivity contribution >= 4 is 17.5 Å². The highest BCUT2D eigenvalue weighted by atomic mass is 19.1. The predicted octanol–water partition coefficient (Wildman–Crippen LogP) is 3.67. The van der Waals surface area contributed by atoms with Crippen molar-refractivity contribution in [2.45, 2.75) is 11.5 Å². The monoisotopic (exact) mass is 412 g/mol. The summed E-state index contributed by atoms with van der Waals surface area (Å²) in [5.74, 6) is -2.64. The molecule has 0 atom stereocenters. The van der Waals surface area contributed by atoms with Crippen LogP contribution in [0.3, 0.4) is 0 Å². The summed E-state index contributed by atoms with van der Waals surface area (Å²) in [6, 6.07) is 18.9. The molecule has 7 heteroatoms. The Bertz CT molecular complexity index is 1350. The molecule has 3 aromatic rings. The van der Waals surface area contributed by atoms with Crippen LogP contribution < -0.4 is 4.90 Å². The lowest BCUT2D eigenvalue weighted by Crippen LogP contribution is -2.49. The van der Waals surface area contributed by atoms with Gasteiger partial charge < -0.3 is 0 Å². The van der Waals surface area contributed by atoms with E-state index in [9.17, 15) is 24.1 Å². The summed E-state index contributed by atoms with van der Waals surface area (Å²) in [7, 11) is 0. The van der Waals surface area contributed by atoms with Crippen LogP contribution in [0, 0.1) is 15.9 Å². The van der Waals surface area contributed by atoms with Crippen LogP contribution in [0.15, 0.2) is 83.9 Å². The molecular formula is C24H13FN2O4. The summed E-state index contributed by atoms with van der Waals surface area (Å²) in [4.78, 5) is 40.3. The van der Waals surface area contributed by atoms with Gasteiger partial charge in [0.25, 0.3) is 11.8 Å². The fraction of sp³-hybridized carbons (Fsp3) is 0.0833. The van der Waals surface area contributed by atoms with Crippen LogP contribution in [0.2, 0.25) is 0 Å². The van der Waals surface area contributed by atoms with Gasteiger partial charge in [0.1, 0.15) is 11.4 Å². The Labute approximate surface area is 175 Å². The van der Waals surface area contributed by atoms with Crippen LogP contribution in [-0.2, 0) is 15.1 Å². The number of imide groups is 1. The molecular weight excluding hydrogens is 399 g/mol. The third-order valence-electron chi connectivity index (χ3n) is 6.43. The highest BCUT2D eigenvalue weighted by Gasteiger charge is 2.68. The first-order chi connectivity index (χ1) is 15.0. The van der Waals surface area contributed by atoms with Gasteiger partial charge in [0.05, 0.1) is 5.69 Å². The minimum absolute atomic E-state index is 0.0513. The molecule has 3 aromatic carbocycles. The quantitative estimate of drug-likeness (QED) is 0.365. The van der Waals surface area contributed by atoms with Crippen molar-refractivity contribution in [3.8, 4) is 0 Å². The summed E-state index contributed by atoms with van der Waals surface area (Å²) in [6.07, 6.45) is 0. The van der Waals surface area contributed by atoms with Crippen LogP contribution >= 0.6 is 0 Å². The Balaban J connectivity index is 1.70. The summed E-state index contributed by atoms with van der Waals surface area (Å²) in [5.41, 5.74) is 0.0756. The lowest BCUT2D eigenvalue weighted by Gasteiger charge is -2.42. The van der Waals surface area contributed by atoms with Gasteiger partial charge in [-0.1, -0.05) is 54.6 Å². The third kappa shape index (κ3) is 1.91. The zero-order chi connectivity index (χ0) is 21.5. The first-order valence-electron chi connectivity index (χ1n) is 9.70. The Kier molecular flexibility index (Phi) is 3.27. The number of halogens is 1. The van der Waals surface area contributed by atoms with Crippen molar-refractivity contribution < 1.29 is 18.9 Å². The van der Waals surface area contributed by atoms with Crippen molar-refractivity contribution in [3.05, 3.63) is 122 Å². The molecule has 0 N–H and O–H groups in total. The molecule has 4 aliphatic rings. The fourth-order valence-electron chi connectivity index (χ4n) is 5.35. The number of amides is 2. The van der Waals surface area contributed by atoms with E-state index in [0.717, 1.165) is 11.0 Å². The number of benzene rings is 3. The predicted molar refractivity (Wildman–Crippen MR) is 108 cm³/mol. The normalized spacial score (nSPS) is 23.0. The van der Waals surface area contributed by atoms with Gasteiger partial charge in [-0.25, -0.2) is 9.29 Å². The summed E-state index contributed by atoms with van der Waals surface area (Å²) in [6.45, 7) is 0. The Hall–Kier alpha value is -4.13. The lowest BCUT2D eigenvalue weighted by atomic mass is 9.57. The Morgan fingerprint density at radius 3 is 2.06 bits per heavy atom. The van der Waals surface area contributed by atoms with Crippen molar-refractivity contribution in [2.24, 2.45) is 0 Å². The first kappa shape index (κ1) is 17.7. The van der Waals surface area contributed by atoms with Gasteiger partial charge >= 0.3 is 5.54 Å². The molecule has 0 spiro atoms. The largest absolute Gasteiger partial charge is 0.303 e.